The van der Waals surface area contributed by atoms with Gasteiger partial charge in [0.25, 0.3) is 0 Å². The number of halogens is 2. The second-order valence-corrected chi connectivity index (χ2v) is 11.5. The van der Waals surface area contributed by atoms with E-state index >= 15 is 0 Å². The second kappa shape index (κ2) is 14.4. The summed E-state index contributed by atoms with van der Waals surface area (Å²) in [5, 5.41) is 10.1. The highest BCUT2D eigenvalue weighted by Gasteiger charge is 2.25. The molecule has 39 heavy (non-hydrogen) atoms. The van der Waals surface area contributed by atoms with E-state index in [1.807, 2.05) is 42.2 Å². The van der Waals surface area contributed by atoms with Gasteiger partial charge in [0.15, 0.2) is 0 Å². The number of amides is 1. The number of carboxylic acids is 1. The first-order chi connectivity index (χ1) is 18.9. The quantitative estimate of drug-likeness (QED) is 0.283. The molecular weight excluding hydrogens is 557 g/mol. The number of benzene rings is 2. The third-order valence-electron chi connectivity index (χ3n) is 7.18. The van der Waals surface area contributed by atoms with Crippen LogP contribution in [0.4, 0.5) is 5.69 Å². The Kier molecular flexibility index (Phi) is 11.0. The fraction of sp³-hybridized carbons (Fsp3) is 0.448. The van der Waals surface area contributed by atoms with Crippen molar-refractivity contribution >= 4 is 58.6 Å². The van der Waals surface area contributed by atoms with Crippen LogP contribution in [-0.4, -0.2) is 85.8 Å². The van der Waals surface area contributed by atoms with Gasteiger partial charge in [-0.05, 0) is 55.7 Å². The SMILES string of the molecule is CCOCCN1CCN(C(=O)C=Cc2ccc(Sc3cccc(N4CCC(C(=O)O)CC4)c3)c(Cl)c2Cl)CC1. The summed E-state index contributed by atoms with van der Waals surface area (Å²) in [4.78, 5) is 32.2. The number of nitrogens with zero attached hydrogens (tertiary/aromatic N) is 3. The Morgan fingerprint density at radius 3 is 2.49 bits per heavy atom. The zero-order valence-corrected chi connectivity index (χ0v) is 24.5. The van der Waals surface area contributed by atoms with Gasteiger partial charge in [-0.1, -0.05) is 47.1 Å². The number of piperazine rings is 1. The van der Waals surface area contributed by atoms with Crippen molar-refractivity contribution in [2.75, 3.05) is 63.9 Å². The van der Waals surface area contributed by atoms with Crippen molar-refractivity contribution in [3.8, 4) is 0 Å². The molecule has 210 valence electrons. The van der Waals surface area contributed by atoms with Crippen molar-refractivity contribution in [3.63, 3.8) is 0 Å². The molecule has 0 aliphatic carbocycles. The van der Waals surface area contributed by atoms with Crippen LogP contribution in [0.5, 0.6) is 0 Å². The van der Waals surface area contributed by atoms with Crippen LogP contribution in [0.25, 0.3) is 6.08 Å². The fourth-order valence-electron chi connectivity index (χ4n) is 4.81. The third-order valence-corrected chi connectivity index (χ3v) is 9.24. The molecule has 1 N–H and O–H groups in total. The first-order valence-electron chi connectivity index (χ1n) is 13.4. The van der Waals surface area contributed by atoms with Crippen LogP contribution in [0.2, 0.25) is 10.0 Å². The summed E-state index contributed by atoms with van der Waals surface area (Å²) in [6.07, 6.45) is 4.59. The number of carbonyl (C=O) groups is 2. The maximum Gasteiger partial charge on any atom is 0.306 e. The highest BCUT2D eigenvalue weighted by atomic mass is 35.5. The van der Waals surface area contributed by atoms with Crippen LogP contribution in [0.3, 0.4) is 0 Å². The predicted molar refractivity (Wildman–Crippen MR) is 158 cm³/mol. The van der Waals surface area contributed by atoms with Crippen molar-refractivity contribution in [1.29, 1.82) is 0 Å². The van der Waals surface area contributed by atoms with Gasteiger partial charge in [0.1, 0.15) is 0 Å². The number of carbonyl (C=O) groups excluding carboxylic acids is 1. The molecule has 2 aromatic carbocycles. The zero-order chi connectivity index (χ0) is 27.8. The van der Waals surface area contributed by atoms with Crippen molar-refractivity contribution in [1.82, 2.24) is 9.80 Å². The van der Waals surface area contributed by atoms with Crippen LogP contribution in [0.15, 0.2) is 52.3 Å². The largest absolute Gasteiger partial charge is 0.481 e. The first-order valence-corrected chi connectivity index (χ1v) is 14.9. The number of anilines is 1. The van der Waals surface area contributed by atoms with Crippen molar-refractivity contribution in [2.24, 2.45) is 5.92 Å². The van der Waals surface area contributed by atoms with Gasteiger partial charge in [-0.15, -0.1) is 0 Å². The molecule has 2 fully saturated rings. The predicted octanol–water partition coefficient (Wildman–Crippen LogP) is 5.64. The van der Waals surface area contributed by atoms with Crippen LogP contribution >= 0.6 is 35.0 Å². The molecule has 2 aliphatic rings. The molecule has 0 unspecified atom stereocenters. The van der Waals surface area contributed by atoms with E-state index in [0.717, 1.165) is 61.4 Å². The Balaban J connectivity index is 1.34. The highest BCUT2D eigenvalue weighted by molar-refractivity contribution is 7.99. The van der Waals surface area contributed by atoms with Gasteiger partial charge in [-0.25, -0.2) is 0 Å². The minimum Gasteiger partial charge on any atom is -0.481 e. The number of hydrogen-bond donors (Lipinski definition) is 1. The van der Waals surface area contributed by atoms with E-state index in [0.29, 0.717) is 41.5 Å². The second-order valence-electron chi connectivity index (χ2n) is 9.68. The average Bonchev–Trinajstić information content (AvgIpc) is 2.95. The van der Waals surface area contributed by atoms with Gasteiger partial charge >= 0.3 is 5.97 Å². The molecule has 0 radical (unpaired) electrons. The normalized spacial score (nSPS) is 17.2. The van der Waals surface area contributed by atoms with Crippen LogP contribution in [0, 0.1) is 5.92 Å². The summed E-state index contributed by atoms with van der Waals surface area (Å²) in [7, 11) is 0. The molecule has 4 rings (SSSR count). The molecule has 1 amide bonds. The Morgan fingerprint density at radius 2 is 1.79 bits per heavy atom. The minimum atomic E-state index is -0.708. The van der Waals surface area contributed by atoms with E-state index in [1.165, 1.54) is 11.8 Å². The lowest BCUT2D eigenvalue weighted by Gasteiger charge is -2.34. The number of rotatable bonds is 10. The molecule has 0 bridgehead atoms. The lowest BCUT2D eigenvalue weighted by atomic mass is 9.97. The molecule has 10 heteroatoms. The minimum absolute atomic E-state index is 0.0331. The number of hydrogen-bond acceptors (Lipinski definition) is 6. The Hall–Kier alpha value is -2.23. The number of piperidine rings is 1. The van der Waals surface area contributed by atoms with Gasteiger partial charge in [-0.3, -0.25) is 14.5 Å². The van der Waals surface area contributed by atoms with Crippen LogP contribution in [0.1, 0.15) is 25.3 Å². The first kappa shape index (κ1) is 29.7. The number of carboxylic acid groups (broad SMARTS) is 1. The highest BCUT2D eigenvalue weighted by Crippen LogP contribution is 2.40. The topological polar surface area (TPSA) is 73.3 Å². The summed E-state index contributed by atoms with van der Waals surface area (Å²) >= 11 is 14.8. The number of ether oxygens (including phenoxy) is 1. The third kappa shape index (κ3) is 8.14. The van der Waals surface area contributed by atoms with Crippen molar-refractivity contribution in [2.45, 2.75) is 29.6 Å². The Bertz CT molecular complexity index is 1180. The van der Waals surface area contributed by atoms with E-state index in [2.05, 4.69) is 15.9 Å². The van der Waals surface area contributed by atoms with E-state index in [-0.39, 0.29) is 11.8 Å². The number of aliphatic carboxylic acids is 1. The van der Waals surface area contributed by atoms with E-state index in [9.17, 15) is 14.7 Å². The lowest BCUT2D eigenvalue weighted by Crippen LogP contribution is -2.49. The molecule has 0 saturated carbocycles. The van der Waals surface area contributed by atoms with Gasteiger partial charge in [0.05, 0.1) is 22.6 Å². The maximum atomic E-state index is 12.7. The molecule has 2 aromatic rings. The molecule has 0 aromatic heterocycles. The van der Waals surface area contributed by atoms with Gasteiger partial charge < -0.3 is 19.6 Å². The molecule has 0 spiro atoms. The van der Waals surface area contributed by atoms with Gasteiger partial charge in [-0.2, -0.15) is 0 Å². The van der Waals surface area contributed by atoms with E-state index in [4.69, 9.17) is 27.9 Å². The summed E-state index contributed by atoms with van der Waals surface area (Å²) in [6.45, 7) is 8.83. The zero-order valence-electron chi connectivity index (χ0n) is 22.2. The standard InChI is InChI=1S/C29H35Cl2N3O4S/c1-2-38-19-18-32-14-16-34(17-15-32)26(35)9-7-21-6-8-25(28(31)27(21)30)39-24-5-3-4-23(20-24)33-12-10-22(11-13-33)29(36)37/h3-9,20,22H,2,10-19H2,1H3,(H,36,37). The summed E-state index contributed by atoms with van der Waals surface area (Å²) < 4.78 is 5.42. The molecule has 2 saturated heterocycles. The lowest BCUT2D eigenvalue weighted by molar-refractivity contribution is -0.142. The Labute approximate surface area is 244 Å². The molecule has 2 heterocycles. The summed E-state index contributed by atoms with van der Waals surface area (Å²) in [5.74, 6) is -1.00. The van der Waals surface area contributed by atoms with Crippen molar-refractivity contribution in [3.05, 3.63) is 58.1 Å². The maximum absolute atomic E-state index is 12.7. The fourth-order valence-corrected chi connectivity index (χ4v) is 6.29. The van der Waals surface area contributed by atoms with E-state index in [1.54, 1.807) is 12.2 Å². The van der Waals surface area contributed by atoms with Gasteiger partial charge in [0, 0.05) is 74.0 Å². The Morgan fingerprint density at radius 1 is 1.05 bits per heavy atom. The van der Waals surface area contributed by atoms with E-state index < -0.39 is 5.97 Å². The monoisotopic (exact) mass is 591 g/mol. The average molecular weight is 593 g/mol. The van der Waals surface area contributed by atoms with Gasteiger partial charge in [0.2, 0.25) is 5.91 Å². The van der Waals surface area contributed by atoms with Crippen molar-refractivity contribution < 1.29 is 19.4 Å². The molecule has 0 atom stereocenters. The summed E-state index contributed by atoms with van der Waals surface area (Å²) in [6, 6.07) is 12.0. The molecule has 7 nitrogen and oxygen atoms in total. The van der Waals surface area contributed by atoms with Crippen LogP contribution < -0.4 is 4.90 Å². The molecular formula is C29H35Cl2N3O4S. The molecule has 2 aliphatic heterocycles. The van der Waals surface area contributed by atoms with Crippen LogP contribution in [-0.2, 0) is 14.3 Å². The smallest absolute Gasteiger partial charge is 0.306 e. The summed E-state index contributed by atoms with van der Waals surface area (Å²) in [5.41, 5.74) is 1.77.